The molecule has 2 aromatic rings. The summed E-state index contributed by atoms with van der Waals surface area (Å²) in [6.07, 6.45) is -3.11. The van der Waals surface area contributed by atoms with Gasteiger partial charge in [-0.1, -0.05) is 18.2 Å². The van der Waals surface area contributed by atoms with Gasteiger partial charge in [-0.3, -0.25) is 4.79 Å². The van der Waals surface area contributed by atoms with Gasteiger partial charge < -0.3 is 11.1 Å². The molecule has 0 aliphatic rings. The van der Waals surface area contributed by atoms with Crippen LogP contribution in [0.3, 0.4) is 0 Å². The topological polar surface area (TPSA) is 55.1 Å². The van der Waals surface area contributed by atoms with Crippen LogP contribution < -0.4 is 11.1 Å². The van der Waals surface area contributed by atoms with Crippen molar-refractivity contribution in [3.63, 3.8) is 0 Å². The summed E-state index contributed by atoms with van der Waals surface area (Å²) in [4.78, 5) is 12.3. The lowest BCUT2D eigenvalue weighted by Gasteiger charge is -2.13. The number of benzene rings is 2. The summed E-state index contributed by atoms with van der Waals surface area (Å²) in [6.45, 7) is 0.847. The first kappa shape index (κ1) is 18.9. The van der Waals surface area contributed by atoms with Gasteiger partial charge in [-0.25, -0.2) is 4.39 Å². The molecule has 1 amide bonds. The number of nitrogens with one attached hydrogen (secondary N) is 1. The highest BCUT2D eigenvalue weighted by Gasteiger charge is 2.30. The van der Waals surface area contributed by atoms with Crippen LogP contribution in [-0.2, 0) is 6.18 Å². The molecule has 0 saturated heterocycles. The van der Waals surface area contributed by atoms with Crippen molar-refractivity contribution in [2.24, 2.45) is 5.73 Å². The average molecular weight is 354 g/mol. The highest BCUT2D eigenvalue weighted by molar-refractivity contribution is 6.00. The summed E-state index contributed by atoms with van der Waals surface area (Å²) >= 11 is 0. The molecule has 0 unspecified atom stereocenters. The van der Waals surface area contributed by atoms with E-state index in [0.717, 1.165) is 30.7 Å². The number of hydrogen-bond donors (Lipinski definition) is 2. The standard InChI is InChI=1S/C18H18F4N2O/c19-14-6-7-15(12-4-3-5-13(10-12)18(20,21)22)16(11-14)17(25)24-9-2-1-8-23/h3-7,10-11H,1-2,8-9,23H2,(H,24,25). The Balaban J connectivity index is 2.34. The molecule has 0 saturated carbocycles. The van der Waals surface area contributed by atoms with Crippen molar-refractivity contribution < 1.29 is 22.4 Å². The Bertz CT molecular complexity index is 744. The molecule has 3 N–H and O–H groups in total. The van der Waals surface area contributed by atoms with E-state index in [-0.39, 0.29) is 16.7 Å². The number of alkyl halides is 3. The van der Waals surface area contributed by atoms with Gasteiger partial charge in [0.15, 0.2) is 0 Å². The molecular weight excluding hydrogens is 336 g/mol. The number of carbonyl (C=O) groups excluding carboxylic acids is 1. The zero-order valence-electron chi connectivity index (χ0n) is 13.4. The fraction of sp³-hybridized carbons (Fsp3) is 0.278. The van der Waals surface area contributed by atoms with Crippen LogP contribution in [0.15, 0.2) is 42.5 Å². The van der Waals surface area contributed by atoms with Crippen molar-refractivity contribution in [3.8, 4) is 11.1 Å². The third-order valence-electron chi connectivity index (χ3n) is 3.64. The lowest BCUT2D eigenvalue weighted by atomic mass is 9.97. The summed E-state index contributed by atoms with van der Waals surface area (Å²) < 4.78 is 52.2. The van der Waals surface area contributed by atoms with Gasteiger partial charge in [-0.2, -0.15) is 13.2 Å². The molecule has 0 aliphatic carbocycles. The molecule has 134 valence electrons. The number of nitrogens with two attached hydrogens (primary N) is 1. The lowest BCUT2D eigenvalue weighted by molar-refractivity contribution is -0.137. The summed E-state index contributed by atoms with van der Waals surface area (Å²) in [6, 6.07) is 8.03. The van der Waals surface area contributed by atoms with Crippen LogP contribution in [0, 0.1) is 5.82 Å². The SMILES string of the molecule is NCCCCNC(=O)c1cc(F)ccc1-c1cccc(C(F)(F)F)c1. The first-order chi connectivity index (χ1) is 11.8. The summed E-state index contributed by atoms with van der Waals surface area (Å²) in [5.74, 6) is -1.17. The van der Waals surface area contributed by atoms with Crippen LogP contribution >= 0.6 is 0 Å². The van der Waals surface area contributed by atoms with E-state index in [4.69, 9.17) is 5.73 Å². The Morgan fingerprint density at radius 3 is 2.52 bits per heavy atom. The molecule has 3 nitrogen and oxygen atoms in total. The van der Waals surface area contributed by atoms with Crippen LogP contribution in [-0.4, -0.2) is 19.0 Å². The second-order valence-corrected chi connectivity index (χ2v) is 5.52. The molecular formula is C18H18F4N2O. The predicted octanol–water partition coefficient (Wildman–Crippen LogP) is 3.98. The molecule has 7 heteroatoms. The van der Waals surface area contributed by atoms with Crippen LogP contribution in [0.2, 0.25) is 0 Å². The summed E-state index contributed by atoms with van der Waals surface area (Å²) in [5, 5.41) is 2.63. The van der Waals surface area contributed by atoms with E-state index in [9.17, 15) is 22.4 Å². The molecule has 25 heavy (non-hydrogen) atoms. The van der Waals surface area contributed by atoms with E-state index in [1.807, 2.05) is 0 Å². The van der Waals surface area contributed by atoms with Crippen LogP contribution in [0.5, 0.6) is 0 Å². The van der Waals surface area contributed by atoms with Gasteiger partial charge in [0.1, 0.15) is 5.82 Å². The van der Waals surface area contributed by atoms with Gasteiger partial charge in [0.2, 0.25) is 0 Å². The minimum absolute atomic E-state index is 0.00734. The van der Waals surface area contributed by atoms with Gasteiger partial charge >= 0.3 is 6.18 Å². The smallest absolute Gasteiger partial charge is 0.352 e. The Hall–Kier alpha value is -2.41. The molecule has 0 radical (unpaired) electrons. The molecule has 0 heterocycles. The van der Waals surface area contributed by atoms with Crippen molar-refractivity contribution in [2.45, 2.75) is 19.0 Å². The van der Waals surface area contributed by atoms with Crippen molar-refractivity contribution in [3.05, 3.63) is 59.4 Å². The first-order valence-electron chi connectivity index (χ1n) is 7.78. The van der Waals surface area contributed by atoms with Gasteiger partial charge in [-0.05, 0) is 54.8 Å². The zero-order chi connectivity index (χ0) is 18.4. The number of carbonyl (C=O) groups is 1. The Morgan fingerprint density at radius 1 is 1.08 bits per heavy atom. The van der Waals surface area contributed by atoms with Gasteiger partial charge in [0.05, 0.1) is 11.1 Å². The van der Waals surface area contributed by atoms with Gasteiger partial charge in [0, 0.05) is 6.54 Å². The fourth-order valence-electron chi connectivity index (χ4n) is 2.39. The van der Waals surface area contributed by atoms with Crippen LogP contribution in [0.1, 0.15) is 28.8 Å². The van der Waals surface area contributed by atoms with Crippen LogP contribution in [0.25, 0.3) is 11.1 Å². The number of rotatable bonds is 6. The summed E-state index contributed by atoms with van der Waals surface area (Å²) in [5.41, 5.74) is 4.97. The number of halogens is 4. The highest BCUT2D eigenvalue weighted by Crippen LogP contribution is 2.33. The molecule has 0 atom stereocenters. The molecule has 0 aromatic heterocycles. The number of hydrogen-bond acceptors (Lipinski definition) is 2. The molecule has 2 rings (SSSR count). The maximum absolute atomic E-state index is 13.6. The molecule has 0 spiro atoms. The van der Waals surface area contributed by atoms with E-state index in [2.05, 4.69) is 5.32 Å². The number of unbranched alkanes of at least 4 members (excludes halogenated alkanes) is 1. The maximum atomic E-state index is 13.6. The molecule has 0 aliphatic heterocycles. The van der Waals surface area contributed by atoms with Crippen molar-refractivity contribution in [2.75, 3.05) is 13.1 Å². The van der Waals surface area contributed by atoms with E-state index in [1.165, 1.54) is 18.2 Å². The maximum Gasteiger partial charge on any atom is 0.416 e. The second kappa shape index (κ2) is 8.11. The van der Waals surface area contributed by atoms with Crippen LogP contribution in [0.4, 0.5) is 17.6 Å². The fourth-order valence-corrected chi connectivity index (χ4v) is 2.39. The minimum atomic E-state index is -4.50. The lowest BCUT2D eigenvalue weighted by Crippen LogP contribution is -2.25. The van der Waals surface area contributed by atoms with E-state index in [0.29, 0.717) is 19.5 Å². The van der Waals surface area contributed by atoms with Crippen molar-refractivity contribution in [1.29, 1.82) is 0 Å². The quantitative estimate of drug-likeness (QED) is 0.609. The van der Waals surface area contributed by atoms with Gasteiger partial charge in [0.25, 0.3) is 5.91 Å². The van der Waals surface area contributed by atoms with Crippen molar-refractivity contribution >= 4 is 5.91 Å². The third-order valence-corrected chi connectivity index (χ3v) is 3.64. The Labute approximate surface area is 142 Å². The predicted molar refractivity (Wildman–Crippen MR) is 87.5 cm³/mol. The highest BCUT2D eigenvalue weighted by atomic mass is 19.4. The summed E-state index contributed by atoms with van der Waals surface area (Å²) in [7, 11) is 0. The average Bonchev–Trinajstić information content (AvgIpc) is 2.58. The number of amides is 1. The Kier molecular flexibility index (Phi) is 6.14. The van der Waals surface area contributed by atoms with Crippen molar-refractivity contribution in [1.82, 2.24) is 5.32 Å². The van der Waals surface area contributed by atoms with E-state index >= 15 is 0 Å². The van der Waals surface area contributed by atoms with Gasteiger partial charge in [-0.15, -0.1) is 0 Å². The zero-order valence-corrected chi connectivity index (χ0v) is 13.4. The molecule has 2 aromatic carbocycles. The second-order valence-electron chi connectivity index (χ2n) is 5.52. The normalized spacial score (nSPS) is 11.4. The largest absolute Gasteiger partial charge is 0.416 e. The van der Waals surface area contributed by atoms with E-state index in [1.54, 1.807) is 0 Å². The minimum Gasteiger partial charge on any atom is -0.352 e. The first-order valence-corrected chi connectivity index (χ1v) is 7.78. The molecule has 0 bridgehead atoms. The van der Waals surface area contributed by atoms with E-state index < -0.39 is 23.5 Å². The third kappa shape index (κ3) is 5.03. The Morgan fingerprint density at radius 2 is 1.84 bits per heavy atom. The molecule has 0 fully saturated rings. The monoisotopic (exact) mass is 354 g/mol.